The number of carbonyl (C=O) groups is 3. The first-order valence-electron chi connectivity index (χ1n) is 28.4. The molecule has 3 rings (SSSR count). The van der Waals surface area contributed by atoms with Crippen LogP contribution in [0.25, 0.3) is 0 Å². The summed E-state index contributed by atoms with van der Waals surface area (Å²) in [5.74, 6) is -6.10. The van der Waals surface area contributed by atoms with E-state index in [-0.39, 0.29) is 18.9 Å². The third-order valence-electron chi connectivity index (χ3n) is 14.8. The van der Waals surface area contributed by atoms with E-state index in [4.69, 9.17) is 28.4 Å². The Morgan fingerprint density at radius 2 is 1.14 bits per heavy atom. The van der Waals surface area contributed by atoms with Crippen LogP contribution < -0.4 is 10.6 Å². The van der Waals surface area contributed by atoms with Crippen LogP contribution in [0, 0.1) is 0 Å². The number of carbonyl (C=O) groups excluding carboxylic acids is 2. The molecule has 0 aromatic carbocycles. The maximum atomic E-state index is 13.3. The minimum absolute atomic E-state index is 0.226. The van der Waals surface area contributed by atoms with E-state index in [9.17, 15) is 75.7 Å². The number of aliphatic hydroxyl groups is 11. The lowest BCUT2D eigenvalue weighted by atomic mass is 9.88. The van der Waals surface area contributed by atoms with Crippen molar-refractivity contribution in [1.29, 1.82) is 0 Å². The standard InChI is InChI=1S/C53H98N2O21/c1-4-6-8-10-12-14-16-17-18-20-22-24-26-35(60)34(55-40(63)27-25-23-21-19-15-13-11-9-7-5-2)32-71-50-45(67)44(66)47(39(31-58)73-50)74-51-46(68)49(43(65)38(30-57)72-51)76-53(52(69)70)28-36(61)41(54-33(3)59)48(75-53)42(64)37(62)29-56/h34-39,41-51,56-58,60-62,64-68H,4-32H2,1-3H3,(H,54,59)(H,55,63)(H,69,70). The highest BCUT2D eigenvalue weighted by Crippen LogP contribution is 2.38. The second kappa shape index (κ2) is 36.9. The van der Waals surface area contributed by atoms with E-state index >= 15 is 0 Å². The van der Waals surface area contributed by atoms with Gasteiger partial charge in [0.25, 0.3) is 5.79 Å². The molecule has 14 N–H and O–H groups in total. The van der Waals surface area contributed by atoms with Gasteiger partial charge in [-0.1, -0.05) is 149 Å². The summed E-state index contributed by atoms with van der Waals surface area (Å²) >= 11 is 0. The zero-order valence-corrected chi connectivity index (χ0v) is 45.4. The fraction of sp³-hybridized carbons (Fsp3) is 0.943. The number of aliphatic carboxylic acids is 1. The van der Waals surface area contributed by atoms with Crippen LogP contribution in [0.15, 0.2) is 0 Å². The molecule has 18 atom stereocenters. The summed E-state index contributed by atoms with van der Waals surface area (Å²) < 4.78 is 34.6. The molecular weight excluding hydrogens is 1000 g/mol. The van der Waals surface area contributed by atoms with Crippen molar-refractivity contribution in [3.8, 4) is 0 Å². The normalized spacial score (nSPS) is 31.6. The van der Waals surface area contributed by atoms with Crippen molar-refractivity contribution in [3.05, 3.63) is 0 Å². The molecule has 3 saturated heterocycles. The highest BCUT2D eigenvalue weighted by Gasteiger charge is 2.60. The Morgan fingerprint density at radius 3 is 1.64 bits per heavy atom. The van der Waals surface area contributed by atoms with Gasteiger partial charge in [0, 0.05) is 19.8 Å². The number of amides is 2. The van der Waals surface area contributed by atoms with E-state index in [0.717, 1.165) is 58.3 Å². The third-order valence-corrected chi connectivity index (χ3v) is 14.8. The summed E-state index contributed by atoms with van der Waals surface area (Å²) in [6.07, 6.45) is -4.09. The van der Waals surface area contributed by atoms with Crippen molar-refractivity contribution < 1.29 is 104 Å². The summed E-state index contributed by atoms with van der Waals surface area (Å²) in [7, 11) is 0. The Labute approximate surface area is 448 Å². The minimum Gasteiger partial charge on any atom is -0.477 e. The molecule has 3 aliphatic heterocycles. The average molecular weight is 1100 g/mol. The Kier molecular flexibility index (Phi) is 33.0. The summed E-state index contributed by atoms with van der Waals surface area (Å²) in [6.45, 7) is 2.12. The summed E-state index contributed by atoms with van der Waals surface area (Å²) in [4.78, 5) is 38.2. The molecule has 2 amide bonds. The van der Waals surface area contributed by atoms with Crippen molar-refractivity contribution in [3.63, 3.8) is 0 Å². The Hall–Kier alpha value is -2.27. The molecule has 0 aromatic heterocycles. The molecule has 3 aliphatic rings. The SMILES string of the molecule is CCCCCCCCCCCCCCC(O)C(COC1OC(CO)C(OC2OC(CO)C(O)C(OC3(C(=O)O)CC(O)C(NC(C)=O)C(C(O)C(O)CO)O3)C2O)C(O)C1O)NC(=O)CCCCCCCCCCCC. The molecule has 18 unspecified atom stereocenters. The number of ether oxygens (including phenoxy) is 6. The van der Waals surface area contributed by atoms with Gasteiger partial charge in [-0.15, -0.1) is 0 Å². The molecule has 446 valence electrons. The number of hydrogen-bond donors (Lipinski definition) is 14. The first kappa shape index (κ1) is 68.0. The summed E-state index contributed by atoms with van der Waals surface area (Å²) in [6, 6.07) is -2.52. The molecule has 0 bridgehead atoms. The van der Waals surface area contributed by atoms with Gasteiger partial charge in [0.15, 0.2) is 12.6 Å². The van der Waals surface area contributed by atoms with Gasteiger partial charge in [0.2, 0.25) is 11.8 Å². The molecule has 23 nitrogen and oxygen atoms in total. The number of hydrogen-bond acceptors (Lipinski definition) is 20. The number of rotatable bonds is 40. The fourth-order valence-corrected chi connectivity index (χ4v) is 10.2. The average Bonchev–Trinajstić information content (AvgIpc) is 3.40. The Morgan fingerprint density at radius 1 is 0.632 bits per heavy atom. The predicted molar refractivity (Wildman–Crippen MR) is 274 cm³/mol. The molecule has 0 aromatic rings. The molecule has 3 heterocycles. The zero-order valence-electron chi connectivity index (χ0n) is 45.4. The van der Waals surface area contributed by atoms with Crippen LogP contribution in [0.2, 0.25) is 0 Å². The van der Waals surface area contributed by atoms with Crippen molar-refractivity contribution in [1.82, 2.24) is 10.6 Å². The lowest BCUT2D eigenvalue weighted by molar-refractivity contribution is -0.386. The molecular formula is C53H98N2O21. The summed E-state index contributed by atoms with van der Waals surface area (Å²) in [5, 5.41) is 135. The zero-order chi connectivity index (χ0) is 56.2. The number of aliphatic hydroxyl groups excluding tert-OH is 11. The van der Waals surface area contributed by atoms with Crippen LogP contribution in [0.5, 0.6) is 0 Å². The van der Waals surface area contributed by atoms with Crippen LogP contribution in [0.1, 0.15) is 181 Å². The van der Waals surface area contributed by atoms with Gasteiger partial charge in [-0.3, -0.25) is 9.59 Å². The molecule has 0 radical (unpaired) electrons. The van der Waals surface area contributed by atoms with Gasteiger partial charge in [-0.2, -0.15) is 0 Å². The third kappa shape index (κ3) is 22.0. The van der Waals surface area contributed by atoms with Crippen LogP contribution in [-0.2, 0) is 42.8 Å². The van der Waals surface area contributed by atoms with Crippen molar-refractivity contribution in [2.75, 3.05) is 26.4 Å². The molecule has 0 saturated carbocycles. The van der Waals surface area contributed by atoms with E-state index in [0.29, 0.717) is 19.3 Å². The first-order chi connectivity index (χ1) is 36.4. The quantitative estimate of drug-likeness (QED) is 0.0381. The van der Waals surface area contributed by atoms with Crippen LogP contribution >= 0.6 is 0 Å². The lowest BCUT2D eigenvalue weighted by Crippen LogP contribution is -2.70. The van der Waals surface area contributed by atoms with Gasteiger partial charge < -0.3 is 100 Å². The van der Waals surface area contributed by atoms with E-state index in [1.807, 2.05) is 0 Å². The van der Waals surface area contributed by atoms with E-state index in [1.165, 1.54) is 77.0 Å². The van der Waals surface area contributed by atoms with Gasteiger partial charge in [0.1, 0.15) is 67.1 Å². The fourth-order valence-electron chi connectivity index (χ4n) is 10.2. The van der Waals surface area contributed by atoms with Gasteiger partial charge in [0.05, 0.1) is 50.7 Å². The highest BCUT2D eigenvalue weighted by molar-refractivity contribution is 5.77. The Bertz CT molecular complexity index is 1590. The number of unbranched alkanes of at least 4 members (excludes halogenated alkanes) is 20. The molecule has 3 fully saturated rings. The second-order valence-corrected chi connectivity index (χ2v) is 21.2. The lowest BCUT2D eigenvalue weighted by Gasteiger charge is -2.50. The van der Waals surface area contributed by atoms with Crippen LogP contribution in [-0.4, -0.2) is 215 Å². The number of nitrogens with one attached hydrogen (secondary N) is 2. The Balaban J connectivity index is 1.70. The van der Waals surface area contributed by atoms with Gasteiger partial charge >= 0.3 is 5.97 Å². The number of carboxylic acid groups (broad SMARTS) is 1. The van der Waals surface area contributed by atoms with E-state index in [2.05, 4.69) is 24.5 Å². The van der Waals surface area contributed by atoms with Crippen molar-refractivity contribution >= 4 is 17.8 Å². The minimum atomic E-state index is -3.07. The predicted octanol–water partition coefficient (Wildman–Crippen LogP) is 1.05. The monoisotopic (exact) mass is 1100 g/mol. The van der Waals surface area contributed by atoms with E-state index in [1.54, 1.807) is 0 Å². The number of carboxylic acids is 1. The van der Waals surface area contributed by atoms with Crippen molar-refractivity contribution in [2.24, 2.45) is 0 Å². The highest BCUT2D eigenvalue weighted by atomic mass is 16.8. The smallest absolute Gasteiger partial charge is 0.364 e. The summed E-state index contributed by atoms with van der Waals surface area (Å²) in [5.41, 5.74) is 0. The van der Waals surface area contributed by atoms with E-state index < -0.39 is 148 Å². The molecule has 23 heteroatoms. The van der Waals surface area contributed by atoms with Gasteiger partial charge in [-0.05, 0) is 12.8 Å². The largest absolute Gasteiger partial charge is 0.477 e. The molecule has 0 spiro atoms. The first-order valence-corrected chi connectivity index (χ1v) is 28.4. The van der Waals surface area contributed by atoms with Crippen LogP contribution in [0.4, 0.5) is 0 Å². The second-order valence-electron chi connectivity index (χ2n) is 21.2. The maximum absolute atomic E-state index is 13.3. The molecule has 0 aliphatic carbocycles. The maximum Gasteiger partial charge on any atom is 0.364 e. The topological polar surface area (TPSA) is 373 Å². The molecule has 76 heavy (non-hydrogen) atoms. The van der Waals surface area contributed by atoms with Crippen LogP contribution in [0.3, 0.4) is 0 Å². The van der Waals surface area contributed by atoms with Gasteiger partial charge in [-0.25, -0.2) is 4.79 Å². The van der Waals surface area contributed by atoms with Crippen molar-refractivity contribution in [2.45, 2.75) is 291 Å².